The molecule has 0 unspecified atom stereocenters. The van der Waals surface area contributed by atoms with Gasteiger partial charge in [-0.15, -0.1) is 0 Å². The van der Waals surface area contributed by atoms with Crippen LogP contribution in [0.4, 0.5) is 0 Å². The van der Waals surface area contributed by atoms with Crippen LogP contribution in [0, 0.1) is 5.41 Å². The van der Waals surface area contributed by atoms with E-state index in [1.54, 1.807) is 11.9 Å². The van der Waals surface area contributed by atoms with Crippen LogP contribution in [0.2, 0.25) is 0 Å². The molecule has 86 valence electrons. The molecule has 0 aliphatic heterocycles. The van der Waals surface area contributed by atoms with E-state index >= 15 is 0 Å². The Hall–Kier alpha value is -1.06. The molecule has 15 heavy (non-hydrogen) atoms. The van der Waals surface area contributed by atoms with E-state index in [4.69, 9.17) is 5.11 Å². The van der Waals surface area contributed by atoms with Crippen LogP contribution in [0.3, 0.4) is 0 Å². The van der Waals surface area contributed by atoms with Gasteiger partial charge in [0.1, 0.15) is 0 Å². The Kier molecular flexibility index (Phi) is 3.72. The second kappa shape index (κ2) is 4.64. The van der Waals surface area contributed by atoms with Gasteiger partial charge in [0.25, 0.3) is 0 Å². The Morgan fingerprint density at radius 3 is 2.40 bits per heavy atom. The van der Waals surface area contributed by atoms with Gasteiger partial charge in [-0.05, 0) is 19.3 Å². The molecule has 0 bridgehead atoms. The fraction of sp³-hybridized carbons (Fsp3) is 0.818. The van der Waals surface area contributed by atoms with Crippen molar-refractivity contribution in [1.82, 2.24) is 4.90 Å². The van der Waals surface area contributed by atoms with E-state index in [9.17, 15) is 9.59 Å². The molecule has 4 nitrogen and oxygen atoms in total. The third-order valence-electron chi connectivity index (χ3n) is 3.04. The van der Waals surface area contributed by atoms with Gasteiger partial charge >= 0.3 is 5.97 Å². The third kappa shape index (κ3) is 2.94. The fourth-order valence-electron chi connectivity index (χ4n) is 1.97. The van der Waals surface area contributed by atoms with E-state index in [0.717, 1.165) is 25.7 Å². The molecular formula is C11H19NO3. The SMILES string of the molecule is CCCC1(C(=O)N(C)CCC(=O)O)CC1. The van der Waals surface area contributed by atoms with Gasteiger partial charge in [-0.2, -0.15) is 0 Å². The van der Waals surface area contributed by atoms with E-state index < -0.39 is 5.97 Å². The van der Waals surface area contributed by atoms with Crippen LogP contribution >= 0.6 is 0 Å². The zero-order valence-electron chi connectivity index (χ0n) is 9.45. The first kappa shape index (κ1) is 12.0. The van der Waals surface area contributed by atoms with E-state index in [1.807, 2.05) is 0 Å². The van der Waals surface area contributed by atoms with E-state index in [0.29, 0.717) is 6.54 Å². The zero-order valence-corrected chi connectivity index (χ0v) is 9.45. The van der Waals surface area contributed by atoms with Crippen molar-refractivity contribution in [2.24, 2.45) is 5.41 Å². The molecule has 1 amide bonds. The lowest BCUT2D eigenvalue weighted by Crippen LogP contribution is -2.35. The van der Waals surface area contributed by atoms with Gasteiger partial charge in [0.15, 0.2) is 0 Å². The minimum Gasteiger partial charge on any atom is -0.481 e. The van der Waals surface area contributed by atoms with Gasteiger partial charge < -0.3 is 10.0 Å². The summed E-state index contributed by atoms with van der Waals surface area (Å²) in [6.45, 7) is 2.39. The largest absolute Gasteiger partial charge is 0.481 e. The average molecular weight is 213 g/mol. The molecule has 1 aliphatic rings. The Morgan fingerprint density at radius 2 is 2.00 bits per heavy atom. The summed E-state index contributed by atoms with van der Waals surface area (Å²) in [5.41, 5.74) is -0.137. The van der Waals surface area contributed by atoms with Crippen LogP contribution in [0.1, 0.15) is 39.0 Å². The van der Waals surface area contributed by atoms with Crippen molar-refractivity contribution in [2.75, 3.05) is 13.6 Å². The molecule has 1 aliphatic carbocycles. The lowest BCUT2D eigenvalue weighted by atomic mass is 9.99. The van der Waals surface area contributed by atoms with Crippen molar-refractivity contribution in [3.8, 4) is 0 Å². The molecule has 0 radical (unpaired) electrons. The van der Waals surface area contributed by atoms with Gasteiger partial charge in [-0.1, -0.05) is 13.3 Å². The molecule has 0 aromatic heterocycles. The molecule has 4 heteroatoms. The van der Waals surface area contributed by atoms with Gasteiger partial charge in [0, 0.05) is 19.0 Å². The summed E-state index contributed by atoms with van der Waals surface area (Å²) in [6, 6.07) is 0. The Balaban J connectivity index is 2.42. The van der Waals surface area contributed by atoms with Crippen molar-refractivity contribution < 1.29 is 14.7 Å². The van der Waals surface area contributed by atoms with E-state index in [1.165, 1.54) is 0 Å². The molecule has 0 aromatic carbocycles. The van der Waals surface area contributed by atoms with Gasteiger partial charge in [0.05, 0.1) is 6.42 Å². The topological polar surface area (TPSA) is 57.6 Å². The first-order valence-electron chi connectivity index (χ1n) is 5.49. The highest BCUT2D eigenvalue weighted by molar-refractivity contribution is 5.85. The van der Waals surface area contributed by atoms with E-state index in [2.05, 4.69) is 6.92 Å². The maximum atomic E-state index is 12.0. The van der Waals surface area contributed by atoms with Crippen molar-refractivity contribution >= 4 is 11.9 Å². The Labute approximate surface area is 90.3 Å². The number of amides is 1. The predicted molar refractivity (Wildman–Crippen MR) is 56.5 cm³/mol. The van der Waals surface area contributed by atoms with Crippen LogP contribution in [0.15, 0.2) is 0 Å². The fourth-order valence-corrected chi connectivity index (χ4v) is 1.97. The number of carbonyl (C=O) groups excluding carboxylic acids is 1. The molecule has 0 aromatic rings. The summed E-state index contributed by atoms with van der Waals surface area (Å²) in [7, 11) is 1.70. The molecule has 1 N–H and O–H groups in total. The van der Waals surface area contributed by atoms with Crippen molar-refractivity contribution in [1.29, 1.82) is 0 Å². The van der Waals surface area contributed by atoms with Crippen LogP contribution < -0.4 is 0 Å². The first-order valence-corrected chi connectivity index (χ1v) is 5.49. The average Bonchev–Trinajstić information content (AvgIpc) is 2.94. The maximum Gasteiger partial charge on any atom is 0.305 e. The molecule has 0 spiro atoms. The monoisotopic (exact) mass is 213 g/mol. The smallest absolute Gasteiger partial charge is 0.305 e. The highest BCUT2D eigenvalue weighted by atomic mass is 16.4. The zero-order chi connectivity index (χ0) is 11.5. The summed E-state index contributed by atoms with van der Waals surface area (Å²) < 4.78 is 0. The van der Waals surface area contributed by atoms with Crippen LogP contribution in [-0.2, 0) is 9.59 Å². The number of hydrogen-bond acceptors (Lipinski definition) is 2. The first-order chi connectivity index (χ1) is 7.02. The van der Waals surface area contributed by atoms with Gasteiger partial charge in [-0.3, -0.25) is 9.59 Å². The summed E-state index contributed by atoms with van der Waals surface area (Å²) >= 11 is 0. The molecule has 0 atom stereocenters. The minimum absolute atomic E-state index is 0.0322. The van der Waals surface area contributed by atoms with Gasteiger partial charge in [0.2, 0.25) is 5.91 Å². The highest BCUT2D eigenvalue weighted by Crippen LogP contribution is 2.50. The maximum absolute atomic E-state index is 12.0. The summed E-state index contributed by atoms with van der Waals surface area (Å²) in [5.74, 6) is -0.722. The summed E-state index contributed by atoms with van der Waals surface area (Å²) in [4.78, 5) is 23.9. The second-order valence-electron chi connectivity index (χ2n) is 4.40. The molecular weight excluding hydrogens is 194 g/mol. The standard InChI is InChI=1S/C11H19NO3/c1-3-5-11(6-7-11)10(15)12(2)8-4-9(13)14/h3-8H2,1-2H3,(H,13,14). The van der Waals surface area contributed by atoms with Crippen molar-refractivity contribution in [3.05, 3.63) is 0 Å². The van der Waals surface area contributed by atoms with Crippen molar-refractivity contribution in [2.45, 2.75) is 39.0 Å². The Bertz CT molecular complexity index is 259. The predicted octanol–water partition coefficient (Wildman–Crippen LogP) is 1.50. The number of nitrogens with zero attached hydrogens (tertiary/aromatic N) is 1. The second-order valence-corrected chi connectivity index (χ2v) is 4.40. The highest BCUT2D eigenvalue weighted by Gasteiger charge is 2.49. The number of hydrogen-bond donors (Lipinski definition) is 1. The van der Waals surface area contributed by atoms with Crippen molar-refractivity contribution in [3.63, 3.8) is 0 Å². The third-order valence-corrected chi connectivity index (χ3v) is 3.04. The number of carbonyl (C=O) groups is 2. The van der Waals surface area contributed by atoms with Gasteiger partial charge in [-0.25, -0.2) is 0 Å². The van der Waals surface area contributed by atoms with Crippen LogP contribution in [-0.4, -0.2) is 35.5 Å². The minimum atomic E-state index is -0.852. The van der Waals surface area contributed by atoms with Crippen LogP contribution in [0.5, 0.6) is 0 Å². The lowest BCUT2D eigenvalue weighted by molar-refractivity contribution is -0.139. The summed E-state index contributed by atoms with van der Waals surface area (Å²) in [6.07, 6.45) is 3.92. The normalized spacial score (nSPS) is 17.2. The number of aliphatic carboxylic acids is 1. The molecule has 0 heterocycles. The lowest BCUT2D eigenvalue weighted by Gasteiger charge is -2.22. The molecule has 1 rings (SSSR count). The molecule has 1 fully saturated rings. The van der Waals surface area contributed by atoms with Crippen LogP contribution in [0.25, 0.3) is 0 Å². The number of carboxylic acid groups (broad SMARTS) is 1. The summed E-state index contributed by atoms with van der Waals surface area (Å²) in [5, 5.41) is 8.53. The quantitative estimate of drug-likeness (QED) is 0.727. The number of rotatable bonds is 6. The Morgan fingerprint density at radius 1 is 1.40 bits per heavy atom. The van der Waals surface area contributed by atoms with E-state index in [-0.39, 0.29) is 17.7 Å². The number of carboxylic acids is 1. The molecule has 0 saturated heterocycles. The molecule has 1 saturated carbocycles.